The molecule has 0 N–H and O–H groups in total. The monoisotopic (exact) mass is 324 g/mol. The average Bonchev–Trinajstić information content (AvgIpc) is 3.31. The van der Waals surface area contributed by atoms with Crippen molar-refractivity contribution >= 4 is 11.4 Å². The van der Waals surface area contributed by atoms with Gasteiger partial charge < -0.3 is 14.2 Å². The summed E-state index contributed by atoms with van der Waals surface area (Å²) in [5.41, 5.74) is 2.16. The van der Waals surface area contributed by atoms with Crippen molar-refractivity contribution in [2.75, 3.05) is 30.0 Å². The predicted molar refractivity (Wildman–Crippen MR) is 92.4 cm³/mol. The molecular weight excluding hydrogens is 304 g/mol. The minimum Gasteiger partial charge on any atom is -0.353 e. The van der Waals surface area contributed by atoms with E-state index in [0.717, 1.165) is 11.4 Å². The van der Waals surface area contributed by atoms with Gasteiger partial charge in [0.2, 0.25) is 0 Å². The van der Waals surface area contributed by atoms with Crippen molar-refractivity contribution in [2.24, 2.45) is 0 Å². The number of hydrogen-bond donors (Lipinski definition) is 0. The molecule has 0 saturated carbocycles. The Kier molecular flexibility index (Phi) is 4.46. The normalized spacial score (nSPS) is 23.2. The Balaban J connectivity index is 1.55. The highest BCUT2D eigenvalue weighted by Gasteiger charge is 2.29. The van der Waals surface area contributed by atoms with Gasteiger partial charge in [-0.3, -0.25) is 5.01 Å². The minimum absolute atomic E-state index is 0.00167. The van der Waals surface area contributed by atoms with Crippen LogP contribution in [0.4, 0.5) is 11.4 Å². The molecule has 5 nitrogen and oxygen atoms in total. The maximum Gasteiger partial charge on any atom is 0.170 e. The average molecular weight is 324 g/mol. The Labute approximate surface area is 141 Å². The van der Waals surface area contributed by atoms with Crippen LogP contribution in [0.3, 0.4) is 0 Å². The lowest BCUT2D eigenvalue weighted by molar-refractivity contribution is -0.00952. The smallest absolute Gasteiger partial charge is 0.170 e. The maximum atomic E-state index is 6.10. The third-order valence-electron chi connectivity index (χ3n) is 4.05. The van der Waals surface area contributed by atoms with E-state index in [1.165, 1.54) is 0 Å². The van der Waals surface area contributed by atoms with Crippen molar-refractivity contribution in [1.29, 1.82) is 0 Å². The van der Waals surface area contributed by atoms with E-state index in [1.807, 2.05) is 42.6 Å². The lowest BCUT2D eigenvalue weighted by atomic mass is 10.3. The quantitative estimate of drug-likeness (QED) is 0.844. The summed E-state index contributed by atoms with van der Waals surface area (Å²) in [6.45, 7) is 1.44. The first-order valence-electron chi connectivity index (χ1n) is 8.09. The Hall–Kier alpha value is -2.34. The second-order valence-corrected chi connectivity index (χ2v) is 5.70. The second-order valence-electron chi connectivity index (χ2n) is 5.70. The molecule has 2 heterocycles. The van der Waals surface area contributed by atoms with Gasteiger partial charge in [0.05, 0.1) is 24.6 Å². The van der Waals surface area contributed by atoms with Crippen LogP contribution in [0.5, 0.6) is 0 Å². The molecule has 1 fully saturated rings. The van der Waals surface area contributed by atoms with Gasteiger partial charge in [0.15, 0.2) is 6.23 Å². The molecule has 2 unspecified atom stereocenters. The lowest BCUT2D eigenvalue weighted by Gasteiger charge is -2.35. The van der Waals surface area contributed by atoms with Crippen LogP contribution >= 0.6 is 0 Å². The number of hydrogen-bond acceptors (Lipinski definition) is 5. The van der Waals surface area contributed by atoms with E-state index in [4.69, 9.17) is 14.2 Å². The largest absolute Gasteiger partial charge is 0.353 e. The van der Waals surface area contributed by atoms with Crippen LogP contribution in [-0.2, 0) is 14.2 Å². The summed E-state index contributed by atoms with van der Waals surface area (Å²) in [6, 6.07) is 20.5. The SMILES string of the molecule is C1=CN(c2ccccc2)N(c2ccccc2)C1OCC1COCO1. The highest BCUT2D eigenvalue weighted by molar-refractivity contribution is 5.63. The van der Waals surface area contributed by atoms with E-state index in [2.05, 4.69) is 40.4 Å². The van der Waals surface area contributed by atoms with Crippen molar-refractivity contribution in [3.8, 4) is 0 Å². The second kappa shape index (κ2) is 7.05. The summed E-state index contributed by atoms with van der Waals surface area (Å²) in [7, 11) is 0. The molecule has 4 rings (SSSR count). The summed E-state index contributed by atoms with van der Waals surface area (Å²) in [4.78, 5) is 0. The molecule has 0 spiro atoms. The van der Waals surface area contributed by atoms with Gasteiger partial charge in [0.25, 0.3) is 0 Å². The third-order valence-corrected chi connectivity index (χ3v) is 4.05. The number of hydrazine groups is 1. The van der Waals surface area contributed by atoms with Gasteiger partial charge in [-0.25, -0.2) is 5.01 Å². The van der Waals surface area contributed by atoms with Gasteiger partial charge in [-0.1, -0.05) is 36.4 Å². The first kappa shape index (κ1) is 15.2. The summed E-state index contributed by atoms with van der Waals surface area (Å²) in [6.07, 6.45) is 3.91. The molecule has 24 heavy (non-hydrogen) atoms. The molecule has 0 aliphatic carbocycles. The van der Waals surface area contributed by atoms with E-state index in [-0.39, 0.29) is 12.3 Å². The van der Waals surface area contributed by atoms with Crippen molar-refractivity contribution < 1.29 is 14.2 Å². The van der Waals surface area contributed by atoms with Crippen LogP contribution in [0, 0.1) is 0 Å². The van der Waals surface area contributed by atoms with E-state index in [9.17, 15) is 0 Å². The van der Waals surface area contributed by atoms with Gasteiger partial charge in [-0.15, -0.1) is 0 Å². The highest BCUT2D eigenvalue weighted by atomic mass is 16.7. The van der Waals surface area contributed by atoms with Crippen LogP contribution in [0.25, 0.3) is 0 Å². The number of anilines is 2. The van der Waals surface area contributed by atoms with Gasteiger partial charge >= 0.3 is 0 Å². The zero-order valence-corrected chi connectivity index (χ0v) is 13.3. The fourth-order valence-electron chi connectivity index (χ4n) is 2.87. The molecule has 2 atom stereocenters. The van der Waals surface area contributed by atoms with E-state index < -0.39 is 0 Å². The third kappa shape index (κ3) is 3.14. The van der Waals surface area contributed by atoms with Crippen molar-refractivity contribution in [2.45, 2.75) is 12.3 Å². The summed E-state index contributed by atoms with van der Waals surface area (Å²) in [5, 5.41) is 4.23. The number of rotatable bonds is 5. The molecule has 0 amide bonds. The molecule has 0 aromatic heterocycles. The van der Waals surface area contributed by atoms with Crippen LogP contribution in [0.15, 0.2) is 72.9 Å². The molecule has 5 heteroatoms. The van der Waals surface area contributed by atoms with Gasteiger partial charge in [-0.2, -0.15) is 0 Å². The topological polar surface area (TPSA) is 34.2 Å². The fourth-order valence-corrected chi connectivity index (χ4v) is 2.87. The molecule has 2 aliphatic rings. The number of para-hydroxylation sites is 2. The number of benzene rings is 2. The number of nitrogens with zero attached hydrogens (tertiary/aromatic N) is 2. The van der Waals surface area contributed by atoms with Crippen molar-refractivity contribution in [3.63, 3.8) is 0 Å². The zero-order chi connectivity index (χ0) is 16.2. The van der Waals surface area contributed by atoms with Gasteiger partial charge in [-0.05, 0) is 30.3 Å². The summed E-state index contributed by atoms with van der Waals surface area (Å²) < 4.78 is 16.8. The Bertz CT molecular complexity index is 672. The Morgan fingerprint density at radius 1 is 0.958 bits per heavy atom. The first-order valence-corrected chi connectivity index (χ1v) is 8.09. The Morgan fingerprint density at radius 3 is 2.33 bits per heavy atom. The molecule has 0 bridgehead atoms. The molecule has 2 aromatic rings. The van der Waals surface area contributed by atoms with Crippen LogP contribution in [0.1, 0.15) is 0 Å². The van der Waals surface area contributed by atoms with Crippen molar-refractivity contribution in [3.05, 3.63) is 72.9 Å². The number of ether oxygens (including phenoxy) is 3. The maximum absolute atomic E-state index is 6.10. The van der Waals surface area contributed by atoms with Gasteiger partial charge in [0.1, 0.15) is 12.9 Å². The highest BCUT2D eigenvalue weighted by Crippen LogP contribution is 2.30. The van der Waals surface area contributed by atoms with E-state index in [1.54, 1.807) is 0 Å². The Morgan fingerprint density at radius 2 is 1.67 bits per heavy atom. The summed E-state index contributed by atoms with van der Waals surface area (Å²) >= 11 is 0. The zero-order valence-electron chi connectivity index (χ0n) is 13.3. The van der Waals surface area contributed by atoms with Crippen LogP contribution in [-0.4, -0.2) is 32.3 Å². The molecule has 0 radical (unpaired) electrons. The predicted octanol–water partition coefficient (Wildman–Crippen LogP) is 3.16. The molecule has 2 aromatic carbocycles. The van der Waals surface area contributed by atoms with Crippen molar-refractivity contribution in [1.82, 2.24) is 0 Å². The summed E-state index contributed by atoms with van der Waals surface area (Å²) in [5.74, 6) is 0. The fraction of sp³-hybridized carbons (Fsp3) is 0.263. The molecule has 124 valence electrons. The van der Waals surface area contributed by atoms with Crippen LogP contribution < -0.4 is 10.0 Å². The van der Waals surface area contributed by atoms with E-state index in [0.29, 0.717) is 20.0 Å². The standard InChI is InChI=1S/C19H20N2O3/c1-3-7-16(8-4-1)20-12-11-19(23-14-18-13-22-15-24-18)21(20)17-9-5-2-6-10-17/h1-12,18-19H,13-15H2. The lowest BCUT2D eigenvalue weighted by Crippen LogP contribution is -2.43. The van der Waals surface area contributed by atoms with Crippen LogP contribution in [0.2, 0.25) is 0 Å². The molecule has 2 aliphatic heterocycles. The molecular formula is C19H20N2O3. The first-order chi connectivity index (χ1) is 11.9. The van der Waals surface area contributed by atoms with E-state index >= 15 is 0 Å². The minimum atomic E-state index is -0.184. The van der Waals surface area contributed by atoms with Gasteiger partial charge in [0, 0.05) is 6.20 Å². The molecule has 1 saturated heterocycles.